The first-order valence-corrected chi connectivity index (χ1v) is 12.1. The minimum absolute atomic E-state index is 0.0875. The summed E-state index contributed by atoms with van der Waals surface area (Å²) in [6.07, 6.45) is 8.14. The van der Waals surface area contributed by atoms with Crippen molar-refractivity contribution in [2.24, 2.45) is 5.92 Å². The van der Waals surface area contributed by atoms with E-state index in [9.17, 15) is 19.8 Å². The molecule has 2 heterocycles. The Balaban J connectivity index is 1.27. The zero-order chi connectivity index (χ0) is 25.1. The average Bonchev–Trinajstić information content (AvgIpc) is 3.10. The molecule has 184 valence electrons. The second-order valence-electron chi connectivity index (χ2n) is 9.08. The van der Waals surface area contributed by atoms with Crippen LogP contribution in [0.3, 0.4) is 0 Å². The van der Waals surface area contributed by atoms with Crippen LogP contribution in [0.4, 0.5) is 11.5 Å². The van der Waals surface area contributed by atoms with Gasteiger partial charge in [0.25, 0.3) is 5.91 Å². The molecule has 1 saturated carbocycles. The van der Waals surface area contributed by atoms with Crippen molar-refractivity contribution in [2.75, 3.05) is 10.6 Å². The van der Waals surface area contributed by atoms with Gasteiger partial charge < -0.3 is 25.8 Å². The summed E-state index contributed by atoms with van der Waals surface area (Å²) in [5.41, 5.74) is 3.12. The minimum atomic E-state index is -0.477. The number of H-pyrrole nitrogens is 1. The topological polar surface area (TPSA) is 140 Å². The van der Waals surface area contributed by atoms with E-state index in [1.807, 2.05) is 24.3 Å². The molecule has 1 aliphatic rings. The molecule has 0 atom stereocenters. The molecule has 2 amide bonds. The Hall–Kier alpha value is -4.40. The first-order valence-electron chi connectivity index (χ1n) is 12.1. The first kappa shape index (κ1) is 23.3. The lowest BCUT2D eigenvalue weighted by Gasteiger charge is -2.14. The number of benzene rings is 2. The lowest BCUT2D eigenvalue weighted by molar-refractivity contribution is -0.120. The molecular weight excluding hydrogens is 458 g/mol. The zero-order valence-electron chi connectivity index (χ0n) is 19.6. The number of aromatic hydroxyl groups is 2. The third-order valence-electron chi connectivity index (χ3n) is 6.50. The fourth-order valence-electron chi connectivity index (χ4n) is 4.47. The maximum atomic E-state index is 12.6. The van der Waals surface area contributed by atoms with Crippen LogP contribution in [-0.4, -0.2) is 37.0 Å². The van der Waals surface area contributed by atoms with Gasteiger partial charge in [0.1, 0.15) is 11.6 Å². The maximum absolute atomic E-state index is 12.6. The van der Waals surface area contributed by atoms with Gasteiger partial charge in [0.2, 0.25) is 5.91 Å². The van der Waals surface area contributed by atoms with Gasteiger partial charge in [-0.15, -0.1) is 0 Å². The van der Waals surface area contributed by atoms with Gasteiger partial charge in [0, 0.05) is 28.8 Å². The summed E-state index contributed by atoms with van der Waals surface area (Å²) in [6.45, 7) is 0. The van der Waals surface area contributed by atoms with Crippen LogP contribution in [0.25, 0.3) is 22.4 Å². The molecule has 0 bridgehead atoms. The highest BCUT2D eigenvalue weighted by Gasteiger charge is 2.20. The summed E-state index contributed by atoms with van der Waals surface area (Å²) in [5.74, 6) is -0.0336. The van der Waals surface area contributed by atoms with Crippen molar-refractivity contribution in [3.63, 3.8) is 0 Å². The monoisotopic (exact) mass is 485 g/mol. The molecule has 1 aliphatic carbocycles. The number of fused-ring (bicyclic) bond motifs is 1. The number of phenols is 2. The third-order valence-corrected chi connectivity index (χ3v) is 6.50. The van der Waals surface area contributed by atoms with E-state index in [0.29, 0.717) is 22.7 Å². The SMILES string of the molecule is O=C(Nc1cc2nc(-c3ccc(NC(=O)C4CCCCCC4)cc3)[nH]c2cn1)c1ccc(O)c(O)c1. The number of phenolic OH excluding ortho intramolecular Hbond substituents is 2. The molecule has 5 rings (SSSR count). The average molecular weight is 486 g/mol. The molecule has 9 heteroatoms. The van der Waals surface area contributed by atoms with E-state index in [0.717, 1.165) is 36.9 Å². The molecule has 0 saturated heterocycles. The van der Waals surface area contributed by atoms with Crippen LogP contribution in [0.2, 0.25) is 0 Å². The number of nitrogens with zero attached hydrogens (tertiary/aromatic N) is 2. The second-order valence-corrected chi connectivity index (χ2v) is 9.08. The number of hydrogen-bond acceptors (Lipinski definition) is 6. The molecular formula is C27H27N5O4. The number of imidazole rings is 1. The van der Waals surface area contributed by atoms with Crippen molar-refractivity contribution in [2.45, 2.75) is 38.5 Å². The molecule has 0 radical (unpaired) electrons. The lowest BCUT2D eigenvalue weighted by atomic mass is 9.99. The number of anilines is 2. The van der Waals surface area contributed by atoms with Crippen LogP contribution in [-0.2, 0) is 4.79 Å². The first-order chi connectivity index (χ1) is 17.5. The minimum Gasteiger partial charge on any atom is -0.504 e. The van der Waals surface area contributed by atoms with Crippen LogP contribution < -0.4 is 10.6 Å². The van der Waals surface area contributed by atoms with Crippen molar-refractivity contribution in [1.82, 2.24) is 15.0 Å². The Kier molecular flexibility index (Phi) is 6.53. The normalized spacial score (nSPS) is 14.3. The number of aromatic nitrogens is 3. The maximum Gasteiger partial charge on any atom is 0.256 e. The van der Waals surface area contributed by atoms with Gasteiger partial charge >= 0.3 is 0 Å². The molecule has 5 N–H and O–H groups in total. The highest BCUT2D eigenvalue weighted by atomic mass is 16.3. The van der Waals surface area contributed by atoms with E-state index >= 15 is 0 Å². The van der Waals surface area contributed by atoms with E-state index in [1.54, 1.807) is 12.3 Å². The Morgan fingerprint density at radius 2 is 1.64 bits per heavy atom. The highest BCUT2D eigenvalue weighted by molar-refractivity contribution is 6.04. The summed E-state index contributed by atoms with van der Waals surface area (Å²) < 4.78 is 0. The standard InChI is InChI=1S/C27H27N5O4/c33-22-12-9-18(13-23(22)34)27(36)32-24-14-20-21(15-28-24)31-25(30-20)16-7-10-19(11-8-16)29-26(35)17-5-3-1-2-4-6-17/h7-15,17,33-34H,1-6H2,(H,29,35)(H,30,31)(H,28,32,36). The molecule has 1 fully saturated rings. The smallest absolute Gasteiger partial charge is 0.256 e. The number of carbonyl (C=O) groups is 2. The molecule has 9 nitrogen and oxygen atoms in total. The highest BCUT2D eigenvalue weighted by Crippen LogP contribution is 2.27. The molecule has 2 aromatic heterocycles. The Morgan fingerprint density at radius 1 is 0.889 bits per heavy atom. The Bertz CT molecular complexity index is 1410. The van der Waals surface area contributed by atoms with Gasteiger partial charge in [-0.3, -0.25) is 9.59 Å². The number of pyridine rings is 1. The summed E-state index contributed by atoms with van der Waals surface area (Å²) in [4.78, 5) is 37.2. The van der Waals surface area contributed by atoms with E-state index in [1.165, 1.54) is 31.0 Å². The number of rotatable bonds is 5. The lowest BCUT2D eigenvalue weighted by Crippen LogP contribution is -2.22. The van der Waals surface area contributed by atoms with Gasteiger partial charge in [-0.05, 0) is 55.3 Å². The number of hydrogen-bond donors (Lipinski definition) is 5. The molecule has 0 unspecified atom stereocenters. The van der Waals surface area contributed by atoms with Gasteiger partial charge in [0.05, 0.1) is 17.2 Å². The van der Waals surface area contributed by atoms with E-state index < -0.39 is 5.91 Å². The molecule has 4 aromatic rings. The van der Waals surface area contributed by atoms with Crippen LogP contribution in [0.5, 0.6) is 11.5 Å². The molecule has 0 spiro atoms. The van der Waals surface area contributed by atoms with E-state index in [2.05, 4.69) is 25.6 Å². The predicted molar refractivity (Wildman–Crippen MR) is 137 cm³/mol. The molecule has 2 aromatic carbocycles. The number of aromatic amines is 1. The summed E-state index contributed by atoms with van der Waals surface area (Å²) >= 11 is 0. The van der Waals surface area contributed by atoms with Gasteiger partial charge in [0.15, 0.2) is 11.5 Å². The van der Waals surface area contributed by atoms with Gasteiger partial charge in [-0.2, -0.15) is 0 Å². The van der Waals surface area contributed by atoms with Gasteiger partial charge in [-0.1, -0.05) is 25.7 Å². The number of nitrogens with one attached hydrogen (secondary N) is 3. The quantitative estimate of drug-likeness (QED) is 0.194. The van der Waals surface area contributed by atoms with Crippen LogP contribution in [0, 0.1) is 5.92 Å². The van der Waals surface area contributed by atoms with Gasteiger partial charge in [-0.25, -0.2) is 9.97 Å². The van der Waals surface area contributed by atoms with Crippen LogP contribution in [0.15, 0.2) is 54.7 Å². The fourth-order valence-corrected chi connectivity index (χ4v) is 4.47. The second kappa shape index (κ2) is 10.1. The predicted octanol–water partition coefficient (Wildman–Crippen LogP) is 5.20. The van der Waals surface area contributed by atoms with E-state index in [-0.39, 0.29) is 28.9 Å². The Morgan fingerprint density at radius 3 is 2.36 bits per heavy atom. The molecule has 0 aliphatic heterocycles. The summed E-state index contributed by atoms with van der Waals surface area (Å²) in [5, 5.41) is 24.7. The largest absolute Gasteiger partial charge is 0.504 e. The zero-order valence-corrected chi connectivity index (χ0v) is 19.6. The van der Waals surface area contributed by atoms with Crippen molar-refractivity contribution in [1.29, 1.82) is 0 Å². The van der Waals surface area contributed by atoms with E-state index in [4.69, 9.17) is 0 Å². The van der Waals surface area contributed by atoms with Crippen LogP contribution >= 0.6 is 0 Å². The van der Waals surface area contributed by atoms with Crippen molar-refractivity contribution in [3.8, 4) is 22.9 Å². The van der Waals surface area contributed by atoms with Crippen molar-refractivity contribution in [3.05, 3.63) is 60.3 Å². The Labute approximate surface area is 207 Å². The fraction of sp³-hybridized carbons (Fsp3) is 0.259. The number of amides is 2. The third kappa shape index (κ3) is 5.14. The van der Waals surface area contributed by atoms with Crippen molar-refractivity contribution >= 4 is 34.4 Å². The number of carbonyl (C=O) groups excluding carboxylic acids is 2. The molecule has 36 heavy (non-hydrogen) atoms. The summed E-state index contributed by atoms with van der Waals surface area (Å²) in [6, 6.07) is 13.0. The van der Waals surface area contributed by atoms with Crippen LogP contribution in [0.1, 0.15) is 48.9 Å². The van der Waals surface area contributed by atoms with Crippen molar-refractivity contribution < 1.29 is 19.8 Å². The summed E-state index contributed by atoms with van der Waals surface area (Å²) in [7, 11) is 0.